The first-order valence-corrected chi connectivity index (χ1v) is 3.83. The summed E-state index contributed by atoms with van der Waals surface area (Å²) in [5.41, 5.74) is 0.351. The van der Waals surface area contributed by atoms with Crippen molar-refractivity contribution in [1.29, 1.82) is 0 Å². The molecule has 0 radical (unpaired) electrons. The number of halogens is 2. The highest BCUT2D eigenvalue weighted by Gasteiger charge is 2.01. The standard InChI is InChI=1S/C9H6ClFO2/c10-8(5-9(12)13)6-2-1-3-7(11)4-6/h1-5H,(H,12,13)/b8-5+. The molecule has 1 rings (SSSR count). The van der Waals surface area contributed by atoms with Gasteiger partial charge in [0.15, 0.2) is 0 Å². The molecule has 68 valence electrons. The van der Waals surface area contributed by atoms with Crippen LogP contribution in [0.4, 0.5) is 4.39 Å². The van der Waals surface area contributed by atoms with Gasteiger partial charge < -0.3 is 5.11 Å². The first-order chi connectivity index (χ1) is 6.09. The summed E-state index contributed by atoms with van der Waals surface area (Å²) in [6.45, 7) is 0. The van der Waals surface area contributed by atoms with Crippen LogP contribution in [0.5, 0.6) is 0 Å². The van der Waals surface area contributed by atoms with E-state index in [4.69, 9.17) is 16.7 Å². The van der Waals surface area contributed by atoms with Gasteiger partial charge in [0, 0.05) is 6.08 Å². The molecule has 0 amide bonds. The number of hydrogen-bond donors (Lipinski definition) is 1. The van der Waals surface area contributed by atoms with Crippen LogP contribution in [0.1, 0.15) is 5.56 Å². The van der Waals surface area contributed by atoms with E-state index in [1.807, 2.05) is 0 Å². The molecule has 4 heteroatoms. The lowest BCUT2D eigenvalue weighted by molar-refractivity contribution is -0.131. The van der Waals surface area contributed by atoms with Gasteiger partial charge in [-0.25, -0.2) is 9.18 Å². The zero-order chi connectivity index (χ0) is 9.84. The quantitative estimate of drug-likeness (QED) is 0.745. The molecule has 0 fully saturated rings. The van der Waals surface area contributed by atoms with E-state index in [0.29, 0.717) is 5.56 Å². The van der Waals surface area contributed by atoms with Crippen molar-refractivity contribution in [3.63, 3.8) is 0 Å². The van der Waals surface area contributed by atoms with Crippen LogP contribution in [0.2, 0.25) is 0 Å². The molecule has 1 aromatic rings. The summed E-state index contributed by atoms with van der Waals surface area (Å²) in [6.07, 6.45) is 0.816. The lowest BCUT2D eigenvalue weighted by atomic mass is 10.2. The van der Waals surface area contributed by atoms with Crippen molar-refractivity contribution >= 4 is 22.6 Å². The molecule has 0 aliphatic carbocycles. The molecule has 0 unspecified atom stereocenters. The highest BCUT2D eigenvalue weighted by molar-refractivity contribution is 6.50. The zero-order valence-corrected chi connectivity index (χ0v) is 7.25. The first-order valence-electron chi connectivity index (χ1n) is 3.45. The molecule has 0 saturated carbocycles. The summed E-state index contributed by atoms with van der Waals surface area (Å²) in [6, 6.07) is 5.42. The maximum Gasteiger partial charge on any atom is 0.329 e. The van der Waals surface area contributed by atoms with E-state index in [0.717, 1.165) is 6.08 Å². The third-order valence-electron chi connectivity index (χ3n) is 1.35. The largest absolute Gasteiger partial charge is 0.478 e. The Kier molecular flexibility index (Phi) is 3.03. The third kappa shape index (κ3) is 2.87. The fourth-order valence-electron chi connectivity index (χ4n) is 0.829. The van der Waals surface area contributed by atoms with Gasteiger partial charge in [-0.2, -0.15) is 0 Å². The lowest BCUT2D eigenvalue weighted by Crippen LogP contribution is -1.89. The number of rotatable bonds is 2. The SMILES string of the molecule is O=C(O)/C=C(/Cl)c1cccc(F)c1. The monoisotopic (exact) mass is 200 g/mol. The summed E-state index contributed by atoms with van der Waals surface area (Å²) in [7, 11) is 0. The smallest absolute Gasteiger partial charge is 0.329 e. The van der Waals surface area contributed by atoms with Gasteiger partial charge in [-0.05, 0) is 17.7 Å². The molecule has 0 atom stereocenters. The summed E-state index contributed by atoms with van der Waals surface area (Å²) in [5.74, 6) is -1.61. The molecule has 0 heterocycles. The second-order valence-electron chi connectivity index (χ2n) is 2.34. The average molecular weight is 201 g/mol. The number of benzene rings is 1. The predicted octanol–water partition coefficient (Wildman–Crippen LogP) is 2.49. The van der Waals surface area contributed by atoms with Gasteiger partial charge in [-0.15, -0.1) is 0 Å². The van der Waals surface area contributed by atoms with Crippen molar-refractivity contribution in [2.24, 2.45) is 0 Å². The Morgan fingerprint density at radius 2 is 2.23 bits per heavy atom. The van der Waals surface area contributed by atoms with Gasteiger partial charge in [-0.1, -0.05) is 23.7 Å². The Morgan fingerprint density at radius 1 is 1.54 bits per heavy atom. The Bertz CT molecular complexity index is 360. The van der Waals surface area contributed by atoms with Gasteiger partial charge in [0.1, 0.15) is 5.82 Å². The third-order valence-corrected chi connectivity index (χ3v) is 1.68. The minimum absolute atomic E-state index is 0.00648. The van der Waals surface area contributed by atoms with Crippen LogP contribution in [0.25, 0.3) is 5.03 Å². The van der Waals surface area contributed by atoms with Gasteiger partial charge in [-0.3, -0.25) is 0 Å². The molecule has 2 nitrogen and oxygen atoms in total. The molecular weight excluding hydrogens is 195 g/mol. The summed E-state index contributed by atoms with van der Waals surface area (Å²) < 4.78 is 12.6. The second kappa shape index (κ2) is 4.05. The van der Waals surface area contributed by atoms with Crippen LogP contribution in [0.15, 0.2) is 30.3 Å². The van der Waals surface area contributed by atoms with Crippen molar-refractivity contribution in [2.75, 3.05) is 0 Å². The van der Waals surface area contributed by atoms with E-state index < -0.39 is 11.8 Å². The van der Waals surface area contributed by atoms with Crippen LogP contribution in [-0.2, 0) is 4.79 Å². The Hall–Kier alpha value is -1.35. The first kappa shape index (κ1) is 9.74. The van der Waals surface area contributed by atoms with Crippen molar-refractivity contribution < 1.29 is 14.3 Å². The molecule has 0 aromatic heterocycles. The normalized spacial score (nSPS) is 11.4. The van der Waals surface area contributed by atoms with Crippen LogP contribution in [-0.4, -0.2) is 11.1 Å². The topological polar surface area (TPSA) is 37.3 Å². The van der Waals surface area contributed by atoms with Gasteiger partial charge in [0.2, 0.25) is 0 Å². The minimum atomic E-state index is -1.16. The molecule has 0 aliphatic rings. The van der Waals surface area contributed by atoms with Crippen LogP contribution >= 0.6 is 11.6 Å². The maximum atomic E-state index is 12.6. The summed E-state index contributed by atoms with van der Waals surface area (Å²) in [4.78, 5) is 10.2. The lowest BCUT2D eigenvalue weighted by Gasteiger charge is -1.97. The van der Waals surface area contributed by atoms with Crippen molar-refractivity contribution in [3.8, 4) is 0 Å². The van der Waals surface area contributed by atoms with Crippen LogP contribution in [0, 0.1) is 5.82 Å². The maximum absolute atomic E-state index is 12.6. The highest BCUT2D eigenvalue weighted by atomic mass is 35.5. The Morgan fingerprint density at radius 3 is 2.77 bits per heavy atom. The van der Waals surface area contributed by atoms with Crippen LogP contribution in [0.3, 0.4) is 0 Å². The zero-order valence-electron chi connectivity index (χ0n) is 6.50. The van der Waals surface area contributed by atoms with E-state index in [-0.39, 0.29) is 5.03 Å². The van der Waals surface area contributed by atoms with Crippen molar-refractivity contribution in [1.82, 2.24) is 0 Å². The molecular formula is C9H6ClFO2. The molecule has 1 N–H and O–H groups in total. The average Bonchev–Trinajstić information content (AvgIpc) is 2.03. The van der Waals surface area contributed by atoms with Gasteiger partial charge >= 0.3 is 5.97 Å². The minimum Gasteiger partial charge on any atom is -0.478 e. The Balaban J connectivity index is 3.02. The van der Waals surface area contributed by atoms with Gasteiger partial charge in [0.25, 0.3) is 0 Å². The fraction of sp³-hybridized carbons (Fsp3) is 0. The molecule has 0 spiro atoms. The second-order valence-corrected chi connectivity index (χ2v) is 2.75. The van der Waals surface area contributed by atoms with Crippen LogP contribution < -0.4 is 0 Å². The van der Waals surface area contributed by atoms with Crippen molar-refractivity contribution in [2.45, 2.75) is 0 Å². The molecule has 0 saturated heterocycles. The number of carbonyl (C=O) groups is 1. The summed E-state index contributed by atoms with van der Waals surface area (Å²) >= 11 is 5.59. The number of hydrogen-bond acceptors (Lipinski definition) is 1. The molecule has 0 aliphatic heterocycles. The number of aliphatic carboxylic acids is 1. The van der Waals surface area contributed by atoms with E-state index in [9.17, 15) is 9.18 Å². The molecule has 13 heavy (non-hydrogen) atoms. The van der Waals surface area contributed by atoms with E-state index in [1.54, 1.807) is 0 Å². The molecule has 1 aromatic carbocycles. The van der Waals surface area contributed by atoms with E-state index in [2.05, 4.69) is 0 Å². The summed E-state index contributed by atoms with van der Waals surface area (Å²) in [5, 5.41) is 8.37. The van der Waals surface area contributed by atoms with E-state index in [1.165, 1.54) is 24.3 Å². The van der Waals surface area contributed by atoms with Crippen molar-refractivity contribution in [3.05, 3.63) is 41.7 Å². The number of carboxylic acids is 1. The van der Waals surface area contributed by atoms with E-state index >= 15 is 0 Å². The fourth-order valence-corrected chi connectivity index (χ4v) is 1.04. The highest BCUT2D eigenvalue weighted by Crippen LogP contribution is 2.18. The van der Waals surface area contributed by atoms with Gasteiger partial charge in [0.05, 0.1) is 5.03 Å². The Labute approximate surface area is 79.3 Å². The number of carboxylic acid groups (broad SMARTS) is 1. The predicted molar refractivity (Wildman–Crippen MR) is 47.9 cm³/mol. The molecule has 0 bridgehead atoms.